The predicted molar refractivity (Wildman–Crippen MR) is 64.0 cm³/mol. The van der Waals surface area contributed by atoms with Crippen molar-refractivity contribution >= 4 is 17.5 Å². The number of benzene rings is 1. The third-order valence-corrected chi connectivity index (χ3v) is 2.90. The smallest absolute Gasteiger partial charge is 0.240 e. The highest BCUT2D eigenvalue weighted by Crippen LogP contribution is 2.17. The van der Waals surface area contributed by atoms with E-state index in [9.17, 15) is 9.59 Å². The molecular weight excluding hydrogens is 218 g/mol. The molecule has 2 amide bonds. The number of imide groups is 1. The molecule has 5 nitrogen and oxygen atoms in total. The Kier molecular flexibility index (Phi) is 3.10. The molecule has 1 saturated heterocycles. The van der Waals surface area contributed by atoms with Crippen molar-refractivity contribution in [2.45, 2.75) is 13.5 Å². The molecule has 0 aromatic heterocycles. The zero-order chi connectivity index (χ0) is 12.4. The van der Waals surface area contributed by atoms with Crippen LogP contribution < -0.4 is 11.1 Å². The van der Waals surface area contributed by atoms with Crippen LogP contribution in [0.4, 0.5) is 5.69 Å². The van der Waals surface area contributed by atoms with Crippen LogP contribution in [0.25, 0.3) is 0 Å². The first-order valence-corrected chi connectivity index (χ1v) is 5.45. The van der Waals surface area contributed by atoms with Gasteiger partial charge in [0.25, 0.3) is 0 Å². The van der Waals surface area contributed by atoms with E-state index in [1.165, 1.54) is 0 Å². The number of hydrogen-bond acceptors (Lipinski definition) is 4. The monoisotopic (exact) mass is 233 g/mol. The summed E-state index contributed by atoms with van der Waals surface area (Å²) in [6.07, 6.45) is 0. The molecule has 1 fully saturated rings. The van der Waals surface area contributed by atoms with E-state index < -0.39 is 0 Å². The third-order valence-electron chi connectivity index (χ3n) is 2.90. The number of nitrogens with one attached hydrogen (secondary N) is 1. The van der Waals surface area contributed by atoms with Gasteiger partial charge in [0.2, 0.25) is 11.8 Å². The van der Waals surface area contributed by atoms with Gasteiger partial charge in [-0.2, -0.15) is 0 Å². The Morgan fingerprint density at radius 1 is 1.29 bits per heavy atom. The zero-order valence-electron chi connectivity index (χ0n) is 9.69. The van der Waals surface area contributed by atoms with Crippen LogP contribution in [0.2, 0.25) is 0 Å². The van der Waals surface area contributed by atoms with Gasteiger partial charge in [0.15, 0.2) is 0 Å². The van der Waals surface area contributed by atoms with E-state index in [0.29, 0.717) is 6.54 Å². The highest BCUT2D eigenvalue weighted by molar-refractivity contribution is 5.99. The largest absolute Gasteiger partial charge is 0.399 e. The molecule has 1 aromatic carbocycles. The van der Waals surface area contributed by atoms with Gasteiger partial charge in [0.1, 0.15) is 0 Å². The average Bonchev–Trinajstić information content (AvgIpc) is 2.23. The minimum Gasteiger partial charge on any atom is -0.399 e. The lowest BCUT2D eigenvalue weighted by molar-refractivity contribution is -0.136. The van der Waals surface area contributed by atoms with Gasteiger partial charge in [0, 0.05) is 12.2 Å². The van der Waals surface area contributed by atoms with Gasteiger partial charge >= 0.3 is 0 Å². The number of nitrogens with two attached hydrogens (primary N) is 1. The Morgan fingerprint density at radius 3 is 2.59 bits per heavy atom. The van der Waals surface area contributed by atoms with Crippen molar-refractivity contribution in [1.29, 1.82) is 0 Å². The summed E-state index contributed by atoms with van der Waals surface area (Å²) in [7, 11) is 0. The summed E-state index contributed by atoms with van der Waals surface area (Å²) < 4.78 is 0. The van der Waals surface area contributed by atoms with Crippen molar-refractivity contribution in [1.82, 2.24) is 10.2 Å². The van der Waals surface area contributed by atoms with E-state index in [0.717, 1.165) is 16.8 Å². The van der Waals surface area contributed by atoms with E-state index in [-0.39, 0.29) is 24.9 Å². The molecule has 5 heteroatoms. The van der Waals surface area contributed by atoms with Crippen molar-refractivity contribution in [2.75, 3.05) is 18.8 Å². The number of amides is 2. The number of nitrogen functional groups attached to an aromatic ring is 1. The van der Waals surface area contributed by atoms with Crippen molar-refractivity contribution in [3.8, 4) is 0 Å². The first-order chi connectivity index (χ1) is 8.06. The molecule has 0 unspecified atom stereocenters. The molecule has 0 saturated carbocycles. The average molecular weight is 233 g/mol. The molecule has 3 N–H and O–H groups in total. The number of anilines is 1. The summed E-state index contributed by atoms with van der Waals surface area (Å²) >= 11 is 0. The lowest BCUT2D eigenvalue weighted by Crippen LogP contribution is -2.50. The number of hydrogen-bond donors (Lipinski definition) is 2. The molecule has 0 bridgehead atoms. The van der Waals surface area contributed by atoms with Crippen LogP contribution in [0.1, 0.15) is 11.1 Å². The molecule has 1 aliphatic heterocycles. The summed E-state index contributed by atoms with van der Waals surface area (Å²) in [6, 6.07) is 5.68. The number of rotatable bonds is 2. The van der Waals surface area contributed by atoms with Crippen LogP contribution in [-0.4, -0.2) is 29.8 Å². The lowest BCUT2D eigenvalue weighted by Gasteiger charge is -2.25. The Bertz CT molecular complexity index is 455. The summed E-state index contributed by atoms with van der Waals surface area (Å²) in [4.78, 5) is 24.3. The van der Waals surface area contributed by atoms with Crippen molar-refractivity contribution in [3.05, 3.63) is 29.3 Å². The highest BCUT2D eigenvalue weighted by Gasteiger charge is 2.22. The van der Waals surface area contributed by atoms with Gasteiger partial charge in [0.05, 0.1) is 13.1 Å². The first kappa shape index (κ1) is 11.6. The van der Waals surface area contributed by atoms with E-state index in [2.05, 4.69) is 5.32 Å². The van der Waals surface area contributed by atoms with E-state index in [4.69, 9.17) is 5.73 Å². The molecule has 90 valence electrons. The Hall–Kier alpha value is -1.88. The van der Waals surface area contributed by atoms with E-state index in [1.807, 2.05) is 30.0 Å². The van der Waals surface area contributed by atoms with Crippen LogP contribution in [0.15, 0.2) is 18.2 Å². The Labute approximate surface area is 99.6 Å². The van der Waals surface area contributed by atoms with Gasteiger partial charge in [-0.3, -0.25) is 19.8 Å². The minimum absolute atomic E-state index is 0.247. The molecule has 0 atom stereocenters. The molecule has 0 spiro atoms. The second-order valence-electron chi connectivity index (χ2n) is 4.25. The van der Waals surface area contributed by atoms with E-state index >= 15 is 0 Å². The maximum atomic E-state index is 11.2. The molecule has 1 heterocycles. The van der Waals surface area contributed by atoms with Gasteiger partial charge in [-0.05, 0) is 24.1 Å². The molecule has 0 radical (unpaired) electrons. The summed E-state index contributed by atoms with van der Waals surface area (Å²) in [5, 5.41) is 2.28. The number of nitrogens with zero attached hydrogens (tertiary/aromatic N) is 1. The Morgan fingerprint density at radius 2 is 1.94 bits per heavy atom. The molecular formula is C12H15N3O2. The second kappa shape index (κ2) is 4.55. The van der Waals surface area contributed by atoms with Crippen LogP contribution in [-0.2, 0) is 16.1 Å². The quantitative estimate of drug-likeness (QED) is 0.558. The van der Waals surface area contributed by atoms with Crippen molar-refractivity contribution < 1.29 is 9.59 Å². The van der Waals surface area contributed by atoms with Crippen LogP contribution in [0.5, 0.6) is 0 Å². The number of carbonyl (C=O) groups excluding carboxylic acids is 2. The zero-order valence-corrected chi connectivity index (χ0v) is 9.69. The number of carbonyl (C=O) groups is 2. The Balaban J connectivity index is 2.12. The van der Waals surface area contributed by atoms with Gasteiger partial charge in [-0.1, -0.05) is 12.1 Å². The fourth-order valence-corrected chi connectivity index (χ4v) is 1.92. The third kappa shape index (κ3) is 2.62. The van der Waals surface area contributed by atoms with E-state index in [1.54, 1.807) is 0 Å². The molecule has 2 rings (SSSR count). The normalized spacial score (nSPS) is 17.0. The first-order valence-electron chi connectivity index (χ1n) is 5.45. The van der Waals surface area contributed by atoms with Crippen LogP contribution >= 0.6 is 0 Å². The lowest BCUT2D eigenvalue weighted by atomic mass is 10.1. The summed E-state index contributed by atoms with van der Waals surface area (Å²) in [6.45, 7) is 3.01. The minimum atomic E-state index is -0.247. The predicted octanol–water partition coefficient (Wildman–Crippen LogP) is 0.0356. The standard InChI is InChI=1S/C12H15N3O2/c1-8-9(3-2-4-10(8)13)5-15-6-11(16)14-12(17)7-15/h2-4H,5-7,13H2,1H3,(H,14,16,17). The fraction of sp³-hybridized carbons (Fsp3) is 0.333. The van der Waals surface area contributed by atoms with Gasteiger partial charge in [-0.25, -0.2) is 0 Å². The number of piperazine rings is 1. The fourth-order valence-electron chi connectivity index (χ4n) is 1.92. The molecule has 1 aromatic rings. The maximum Gasteiger partial charge on any atom is 0.240 e. The van der Waals surface area contributed by atoms with Crippen LogP contribution in [0, 0.1) is 6.92 Å². The highest BCUT2D eigenvalue weighted by atomic mass is 16.2. The molecule has 17 heavy (non-hydrogen) atoms. The molecule has 0 aliphatic carbocycles. The molecule has 1 aliphatic rings. The van der Waals surface area contributed by atoms with Crippen molar-refractivity contribution in [2.24, 2.45) is 0 Å². The second-order valence-corrected chi connectivity index (χ2v) is 4.25. The SMILES string of the molecule is Cc1c(N)cccc1CN1CC(=O)NC(=O)C1. The van der Waals surface area contributed by atoms with Crippen molar-refractivity contribution in [3.63, 3.8) is 0 Å². The van der Waals surface area contributed by atoms with Crippen LogP contribution in [0.3, 0.4) is 0 Å². The summed E-state index contributed by atoms with van der Waals surface area (Å²) in [5.74, 6) is -0.495. The van der Waals surface area contributed by atoms with Gasteiger partial charge < -0.3 is 5.73 Å². The summed E-state index contributed by atoms with van der Waals surface area (Å²) in [5.41, 5.74) is 8.60. The maximum absolute atomic E-state index is 11.2. The van der Waals surface area contributed by atoms with Gasteiger partial charge in [-0.15, -0.1) is 0 Å². The topological polar surface area (TPSA) is 75.4 Å².